The molecule has 0 N–H and O–H groups in total. The second-order valence-electron chi connectivity index (χ2n) is 7.33. The standard InChI is InChI=1S/C20H25NO4S/c1-20(2,3)19(22)21(14-16-8-6-5-7-9-16)15-17-10-12-18(13-11-17)25-26(4,23)24/h5-13H,14-15H2,1-4H3. The molecule has 2 rings (SSSR count). The van der Waals surface area contributed by atoms with Gasteiger partial charge in [0.1, 0.15) is 5.75 Å². The van der Waals surface area contributed by atoms with Gasteiger partial charge in [0.05, 0.1) is 6.26 Å². The van der Waals surface area contributed by atoms with Crippen molar-refractivity contribution in [1.29, 1.82) is 0 Å². The van der Waals surface area contributed by atoms with Crippen LogP contribution in [-0.4, -0.2) is 25.5 Å². The molecule has 5 nitrogen and oxygen atoms in total. The summed E-state index contributed by atoms with van der Waals surface area (Å²) in [6.45, 7) is 6.64. The fourth-order valence-corrected chi connectivity index (χ4v) is 2.98. The van der Waals surface area contributed by atoms with Gasteiger partial charge in [-0.25, -0.2) is 0 Å². The van der Waals surface area contributed by atoms with Gasteiger partial charge in [-0.3, -0.25) is 4.79 Å². The lowest BCUT2D eigenvalue weighted by molar-refractivity contribution is -0.140. The maximum Gasteiger partial charge on any atom is 0.306 e. The van der Waals surface area contributed by atoms with E-state index in [1.54, 1.807) is 24.3 Å². The highest BCUT2D eigenvalue weighted by Gasteiger charge is 2.27. The van der Waals surface area contributed by atoms with E-state index in [9.17, 15) is 13.2 Å². The quantitative estimate of drug-likeness (QED) is 0.724. The van der Waals surface area contributed by atoms with Crippen LogP contribution < -0.4 is 4.18 Å². The number of benzene rings is 2. The van der Waals surface area contributed by atoms with Crippen molar-refractivity contribution >= 4 is 16.0 Å². The molecule has 1 amide bonds. The lowest BCUT2D eigenvalue weighted by atomic mass is 9.94. The Kier molecular flexibility index (Phi) is 6.08. The van der Waals surface area contributed by atoms with Crippen molar-refractivity contribution in [3.63, 3.8) is 0 Å². The number of nitrogens with zero attached hydrogens (tertiary/aromatic N) is 1. The minimum Gasteiger partial charge on any atom is -0.383 e. The summed E-state index contributed by atoms with van der Waals surface area (Å²) in [4.78, 5) is 14.7. The summed E-state index contributed by atoms with van der Waals surface area (Å²) >= 11 is 0. The fourth-order valence-electron chi connectivity index (χ4n) is 2.52. The van der Waals surface area contributed by atoms with E-state index < -0.39 is 15.5 Å². The van der Waals surface area contributed by atoms with Gasteiger partial charge in [0.15, 0.2) is 0 Å². The van der Waals surface area contributed by atoms with Crippen LogP contribution in [0.3, 0.4) is 0 Å². The number of amides is 1. The van der Waals surface area contributed by atoms with Gasteiger partial charge < -0.3 is 9.08 Å². The van der Waals surface area contributed by atoms with Gasteiger partial charge in [-0.2, -0.15) is 8.42 Å². The minimum absolute atomic E-state index is 0.0535. The zero-order valence-electron chi connectivity index (χ0n) is 15.6. The zero-order valence-corrected chi connectivity index (χ0v) is 16.4. The Morgan fingerprint density at radius 2 is 1.42 bits per heavy atom. The molecule has 0 spiro atoms. The SMILES string of the molecule is CC(C)(C)C(=O)N(Cc1ccccc1)Cc1ccc(OS(C)(=O)=O)cc1. The predicted molar refractivity (Wildman–Crippen MR) is 102 cm³/mol. The van der Waals surface area contributed by atoms with Crippen molar-refractivity contribution < 1.29 is 17.4 Å². The molecule has 0 fully saturated rings. The van der Waals surface area contributed by atoms with Crippen LogP contribution in [-0.2, 0) is 28.0 Å². The van der Waals surface area contributed by atoms with Crippen molar-refractivity contribution in [2.75, 3.05) is 6.26 Å². The average Bonchev–Trinajstić information content (AvgIpc) is 2.54. The van der Waals surface area contributed by atoms with Crippen LogP contribution in [0.4, 0.5) is 0 Å². The Labute approximate surface area is 155 Å². The molecule has 0 aliphatic heterocycles. The predicted octanol–water partition coefficient (Wildman–Crippen LogP) is 3.60. The van der Waals surface area contributed by atoms with Crippen molar-refractivity contribution in [1.82, 2.24) is 4.90 Å². The molecule has 0 aliphatic carbocycles. The highest BCUT2D eigenvalue weighted by atomic mass is 32.2. The lowest BCUT2D eigenvalue weighted by Gasteiger charge is -2.30. The third kappa shape index (κ3) is 6.19. The molecular formula is C20H25NO4S. The molecule has 140 valence electrons. The first-order valence-electron chi connectivity index (χ1n) is 8.36. The molecule has 2 aromatic carbocycles. The first-order chi connectivity index (χ1) is 12.0. The summed E-state index contributed by atoms with van der Waals surface area (Å²) in [5, 5.41) is 0. The monoisotopic (exact) mass is 375 g/mol. The van der Waals surface area contributed by atoms with Crippen LogP contribution in [0.1, 0.15) is 31.9 Å². The van der Waals surface area contributed by atoms with Gasteiger partial charge >= 0.3 is 10.1 Å². The van der Waals surface area contributed by atoms with Crippen molar-refractivity contribution in [2.24, 2.45) is 5.41 Å². The third-order valence-corrected chi connectivity index (χ3v) is 4.18. The van der Waals surface area contributed by atoms with Crippen LogP contribution in [0.2, 0.25) is 0 Å². The molecular weight excluding hydrogens is 350 g/mol. The Bertz CT molecular complexity index is 838. The van der Waals surface area contributed by atoms with E-state index in [0.29, 0.717) is 13.1 Å². The zero-order chi connectivity index (χ0) is 19.4. The van der Waals surface area contributed by atoms with Crippen LogP contribution in [0.25, 0.3) is 0 Å². The first-order valence-corrected chi connectivity index (χ1v) is 10.2. The number of carbonyl (C=O) groups excluding carboxylic acids is 1. The molecule has 6 heteroatoms. The number of hydrogen-bond acceptors (Lipinski definition) is 4. The molecule has 0 bridgehead atoms. The van der Waals surface area contributed by atoms with E-state index in [-0.39, 0.29) is 11.7 Å². The molecule has 2 aromatic rings. The summed E-state index contributed by atoms with van der Waals surface area (Å²) in [5.74, 6) is 0.311. The number of carbonyl (C=O) groups is 1. The summed E-state index contributed by atoms with van der Waals surface area (Å²) in [6, 6.07) is 16.6. The normalized spacial score (nSPS) is 11.8. The smallest absolute Gasteiger partial charge is 0.306 e. The number of rotatable bonds is 6. The second-order valence-corrected chi connectivity index (χ2v) is 8.90. The Morgan fingerprint density at radius 3 is 1.88 bits per heavy atom. The van der Waals surface area contributed by atoms with E-state index in [1.807, 2.05) is 56.0 Å². The third-order valence-electron chi connectivity index (χ3n) is 3.69. The maximum atomic E-state index is 12.8. The summed E-state index contributed by atoms with van der Waals surface area (Å²) < 4.78 is 27.2. The highest BCUT2D eigenvalue weighted by molar-refractivity contribution is 7.86. The van der Waals surface area contributed by atoms with E-state index in [2.05, 4.69) is 0 Å². The number of hydrogen-bond donors (Lipinski definition) is 0. The van der Waals surface area contributed by atoms with Gasteiger partial charge in [0.25, 0.3) is 0 Å². The van der Waals surface area contributed by atoms with E-state index in [1.165, 1.54) is 0 Å². The topological polar surface area (TPSA) is 63.7 Å². The Hall–Kier alpha value is -2.34. The van der Waals surface area contributed by atoms with E-state index >= 15 is 0 Å². The molecule has 0 aromatic heterocycles. The van der Waals surface area contributed by atoms with E-state index in [4.69, 9.17) is 4.18 Å². The van der Waals surface area contributed by atoms with Crippen molar-refractivity contribution in [3.05, 3.63) is 65.7 Å². The van der Waals surface area contributed by atoms with Crippen LogP contribution >= 0.6 is 0 Å². The van der Waals surface area contributed by atoms with Crippen molar-refractivity contribution in [3.8, 4) is 5.75 Å². The summed E-state index contributed by atoms with van der Waals surface area (Å²) in [6.07, 6.45) is 1.00. The minimum atomic E-state index is -3.55. The lowest BCUT2D eigenvalue weighted by Crippen LogP contribution is -2.38. The first kappa shape index (κ1) is 20.0. The van der Waals surface area contributed by atoms with E-state index in [0.717, 1.165) is 17.4 Å². The molecule has 0 heterocycles. The Balaban J connectivity index is 2.19. The highest BCUT2D eigenvalue weighted by Crippen LogP contribution is 2.22. The molecule has 0 aliphatic rings. The van der Waals surface area contributed by atoms with Gasteiger partial charge in [-0.05, 0) is 23.3 Å². The molecule has 0 atom stereocenters. The van der Waals surface area contributed by atoms with Crippen LogP contribution in [0.15, 0.2) is 54.6 Å². The van der Waals surface area contributed by atoms with Gasteiger partial charge in [-0.1, -0.05) is 63.2 Å². The molecule has 0 saturated heterocycles. The van der Waals surface area contributed by atoms with Crippen LogP contribution in [0, 0.1) is 5.41 Å². The molecule has 0 saturated carbocycles. The van der Waals surface area contributed by atoms with Crippen LogP contribution in [0.5, 0.6) is 5.75 Å². The second kappa shape index (κ2) is 7.91. The van der Waals surface area contributed by atoms with Gasteiger partial charge in [0, 0.05) is 18.5 Å². The van der Waals surface area contributed by atoms with Gasteiger partial charge in [0.2, 0.25) is 5.91 Å². The molecule has 0 radical (unpaired) electrons. The summed E-state index contributed by atoms with van der Waals surface area (Å²) in [7, 11) is -3.55. The largest absolute Gasteiger partial charge is 0.383 e. The molecule has 26 heavy (non-hydrogen) atoms. The maximum absolute atomic E-state index is 12.8. The average molecular weight is 375 g/mol. The van der Waals surface area contributed by atoms with Crippen molar-refractivity contribution in [2.45, 2.75) is 33.9 Å². The molecule has 0 unspecified atom stereocenters. The summed E-state index contributed by atoms with van der Waals surface area (Å²) in [5.41, 5.74) is 1.47. The Morgan fingerprint density at radius 1 is 0.923 bits per heavy atom. The van der Waals surface area contributed by atoms with Gasteiger partial charge in [-0.15, -0.1) is 0 Å². The fraction of sp³-hybridized carbons (Fsp3) is 0.350.